The van der Waals surface area contributed by atoms with Gasteiger partial charge in [-0.2, -0.15) is 5.10 Å². The highest BCUT2D eigenvalue weighted by Gasteiger charge is 2.39. The van der Waals surface area contributed by atoms with Gasteiger partial charge in [-0.25, -0.2) is 4.79 Å². The summed E-state index contributed by atoms with van der Waals surface area (Å²) in [6, 6.07) is 9.62. The van der Waals surface area contributed by atoms with Crippen LogP contribution >= 0.6 is 0 Å². The Hall–Kier alpha value is -2.83. The van der Waals surface area contributed by atoms with E-state index in [1.54, 1.807) is 6.20 Å². The second kappa shape index (κ2) is 7.54. The molecule has 29 heavy (non-hydrogen) atoms. The number of fused-ring (bicyclic) bond motifs is 1. The third-order valence-electron chi connectivity index (χ3n) is 6.02. The number of nitrogens with one attached hydrogen (secondary N) is 2. The van der Waals surface area contributed by atoms with E-state index in [0.717, 1.165) is 23.2 Å². The second-order valence-electron chi connectivity index (χ2n) is 9.08. The number of likely N-dealkylation sites (tertiary alicyclic amines) is 1. The lowest BCUT2D eigenvalue weighted by Gasteiger charge is -2.31. The van der Waals surface area contributed by atoms with Crippen molar-refractivity contribution < 1.29 is 9.59 Å². The van der Waals surface area contributed by atoms with Crippen LogP contribution in [0.1, 0.15) is 44.0 Å². The number of H-pyrrole nitrogens is 1. The topological polar surface area (TPSA) is 81.3 Å². The minimum atomic E-state index is -0.186. The third-order valence-corrected chi connectivity index (χ3v) is 6.02. The van der Waals surface area contributed by atoms with Crippen molar-refractivity contribution in [2.45, 2.75) is 58.8 Å². The summed E-state index contributed by atoms with van der Waals surface area (Å²) < 4.78 is 0. The number of rotatable bonds is 3. The van der Waals surface area contributed by atoms with Crippen molar-refractivity contribution in [1.82, 2.24) is 25.3 Å². The van der Waals surface area contributed by atoms with Crippen molar-refractivity contribution in [3.05, 3.63) is 53.3 Å². The normalized spacial score (nSPS) is 23.6. The third kappa shape index (κ3) is 4.13. The van der Waals surface area contributed by atoms with Crippen molar-refractivity contribution >= 4 is 11.9 Å². The molecule has 0 bridgehead atoms. The Labute approximate surface area is 171 Å². The van der Waals surface area contributed by atoms with Gasteiger partial charge in [0.05, 0.1) is 24.8 Å². The lowest BCUT2D eigenvalue weighted by Crippen LogP contribution is -2.50. The van der Waals surface area contributed by atoms with Crippen LogP contribution in [-0.2, 0) is 24.3 Å². The van der Waals surface area contributed by atoms with Gasteiger partial charge in [-0.05, 0) is 24.3 Å². The molecular formula is C22H29N5O2. The first-order chi connectivity index (χ1) is 13.8. The van der Waals surface area contributed by atoms with E-state index in [0.29, 0.717) is 26.1 Å². The Morgan fingerprint density at radius 2 is 2.07 bits per heavy atom. The standard InChI is InChI=1S/C22H29N5O2/c1-15-18(9-20(28)27(15)12-16-7-5-4-6-8-16)24-21(29)26-13-17-11-23-25-19(17)10-22(2,3)14-26/h4-8,11,15,18H,9-10,12-14H2,1-3H3,(H,23,25)(H,24,29). The molecule has 2 aromatic rings. The molecule has 7 nitrogen and oxygen atoms in total. The monoisotopic (exact) mass is 395 g/mol. The summed E-state index contributed by atoms with van der Waals surface area (Å²) in [6.45, 7) is 8.09. The SMILES string of the molecule is CC1C(NC(=O)N2Cc3cn[nH]c3CC(C)(C)C2)CC(=O)N1Cc1ccccc1. The predicted octanol–water partition coefficient (Wildman–Crippen LogP) is 2.69. The lowest BCUT2D eigenvalue weighted by atomic mass is 9.88. The first-order valence-corrected chi connectivity index (χ1v) is 10.2. The van der Waals surface area contributed by atoms with Gasteiger partial charge in [0.25, 0.3) is 0 Å². The van der Waals surface area contributed by atoms with Crippen molar-refractivity contribution in [2.24, 2.45) is 5.41 Å². The zero-order chi connectivity index (χ0) is 20.6. The van der Waals surface area contributed by atoms with Gasteiger partial charge < -0.3 is 15.1 Å². The van der Waals surface area contributed by atoms with Gasteiger partial charge in [-0.1, -0.05) is 44.2 Å². The number of hydrogen-bond acceptors (Lipinski definition) is 3. The molecule has 4 rings (SSSR count). The van der Waals surface area contributed by atoms with Crippen LogP contribution in [-0.4, -0.2) is 50.6 Å². The molecule has 2 N–H and O–H groups in total. The molecule has 3 heterocycles. The molecule has 7 heteroatoms. The molecule has 1 aromatic heterocycles. The molecule has 2 aliphatic rings. The van der Waals surface area contributed by atoms with Gasteiger partial charge in [-0.3, -0.25) is 9.89 Å². The van der Waals surface area contributed by atoms with Gasteiger partial charge in [-0.15, -0.1) is 0 Å². The van der Waals surface area contributed by atoms with Gasteiger partial charge >= 0.3 is 6.03 Å². The Morgan fingerprint density at radius 1 is 1.31 bits per heavy atom. The van der Waals surface area contributed by atoms with E-state index in [9.17, 15) is 9.59 Å². The number of amides is 3. The van der Waals surface area contributed by atoms with Crippen molar-refractivity contribution in [3.8, 4) is 0 Å². The molecule has 2 aliphatic heterocycles. The molecule has 0 aliphatic carbocycles. The van der Waals surface area contributed by atoms with Crippen LogP contribution in [0.5, 0.6) is 0 Å². The van der Waals surface area contributed by atoms with Crippen molar-refractivity contribution in [2.75, 3.05) is 6.54 Å². The molecule has 1 fully saturated rings. The van der Waals surface area contributed by atoms with Crippen LogP contribution in [0, 0.1) is 5.41 Å². The van der Waals surface area contributed by atoms with Gasteiger partial charge in [0.2, 0.25) is 5.91 Å². The molecule has 2 unspecified atom stereocenters. The van der Waals surface area contributed by atoms with E-state index in [1.165, 1.54) is 0 Å². The molecule has 154 valence electrons. The number of aromatic nitrogens is 2. The number of carbonyl (C=O) groups is 2. The Morgan fingerprint density at radius 3 is 2.83 bits per heavy atom. The Kier molecular flexibility index (Phi) is 5.06. The average molecular weight is 396 g/mol. The van der Waals surface area contributed by atoms with Gasteiger partial charge in [0.15, 0.2) is 0 Å². The molecule has 0 saturated carbocycles. The van der Waals surface area contributed by atoms with E-state index >= 15 is 0 Å². The maximum atomic E-state index is 13.1. The fourth-order valence-corrected chi connectivity index (χ4v) is 4.44. The predicted molar refractivity (Wildman–Crippen MR) is 110 cm³/mol. The van der Waals surface area contributed by atoms with Gasteiger partial charge in [0.1, 0.15) is 0 Å². The van der Waals surface area contributed by atoms with Crippen LogP contribution in [0.15, 0.2) is 36.5 Å². The molecule has 0 radical (unpaired) electrons. The van der Waals surface area contributed by atoms with Gasteiger partial charge in [0, 0.05) is 30.8 Å². The van der Waals surface area contributed by atoms with E-state index in [1.807, 2.05) is 47.1 Å². The highest BCUT2D eigenvalue weighted by molar-refractivity contribution is 5.82. The fraction of sp³-hybridized carbons (Fsp3) is 0.500. The number of hydrogen-bond donors (Lipinski definition) is 2. The summed E-state index contributed by atoms with van der Waals surface area (Å²) in [5.41, 5.74) is 3.21. The van der Waals surface area contributed by atoms with Crippen LogP contribution < -0.4 is 5.32 Å². The number of aromatic amines is 1. The van der Waals surface area contributed by atoms with E-state index in [4.69, 9.17) is 0 Å². The molecule has 2 atom stereocenters. The van der Waals surface area contributed by atoms with E-state index < -0.39 is 0 Å². The molecule has 0 spiro atoms. The lowest BCUT2D eigenvalue weighted by molar-refractivity contribution is -0.129. The zero-order valence-electron chi connectivity index (χ0n) is 17.3. The van der Waals surface area contributed by atoms with Crippen LogP contribution in [0.4, 0.5) is 4.79 Å². The fourth-order valence-electron chi connectivity index (χ4n) is 4.44. The van der Waals surface area contributed by atoms with Crippen LogP contribution in [0.2, 0.25) is 0 Å². The second-order valence-corrected chi connectivity index (χ2v) is 9.08. The molecule has 1 saturated heterocycles. The first-order valence-electron chi connectivity index (χ1n) is 10.2. The first kappa shape index (κ1) is 19.5. The molecular weight excluding hydrogens is 366 g/mol. The summed E-state index contributed by atoms with van der Waals surface area (Å²) in [5.74, 6) is 0.0833. The van der Waals surface area contributed by atoms with Crippen LogP contribution in [0.3, 0.4) is 0 Å². The number of nitrogens with zero attached hydrogens (tertiary/aromatic N) is 3. The van der Waals surface area contributed by atoms with Crippen LogP contribution in [0.25, 0.3) is 0 Å². The smallest absolute Gasteiger partial charge is 0.318 e. The zero-order valence-corrected chi connectivity index (χ0v) is 17.3. The summed E-state index contributed by atoms with van der Waals surface area (Å²) in [5, 5.41) is 10.3. The summed E-state index contributed by atoms with van der Waals surface area (Å²) in [6.07, 6.45) is 3.00. The maximum absolute atomic E-state index is 13.1. The minimum absolute atomic E-state index is 0.0452. The van der Waals surface area contributed by atoms with E-state index in [-0.39, 0.29) is 29.4 Å². The highest BCUT2D eigenvalue weighted by Crippen LogP contribution is 2.29. The number of carbonyl (C=O) groups excluding carboxylic acids is 2. The Balaban J connectivity index is 1.43. The van der Waals surface area contributed by atoms with E-state index in [2.05, 4.69) is 29.4 Å². The molecule has 3 amide bonds. The summed E-state index contributed by atoms with van der Waals surface area (Å²) in [7, 11) is 0. The van der Waals surface area contributed by atoms with Crippen molar-refractivity contribution in [3.63, 3.8) is 0 Å². The largest absolute Gasteiger partial charge is 0.334 e. The Bertz CT molecular complexity index is 892. The number of benzene rings is 1. The summed E-state index contributed by atoms with van der Waals surface area (Å²) >= 11 is 0. The highest BCUT2D eigenvalue weighted by atomic mass is 16.2. The summed E-state index contributed by atoms with van der Waals surface area (Å²) in [4.78, 5) is 29.4. The molecule has 1 aromatic carbocycles. The minimum Gasteiger partial charge on any atom is -0.334 e. The maximum Gasteiger partial charge on any atom is 0.318 e. The number of urea groups is 1. The van der Waals surface area contributed by atoms with Crippen molar-refractivity contribution in [1.29, 1.82) is 0 Å². The quantitative estimate of drug-likeness (QED) is 0.838. The average Bonchev–Trinajstić information content (AvgIpc) is 3.16.